The molecule has 1 heterocycles. The first-order valence-electron chi connectivity index (χ1n) is 4.34. The van der Waals surface area contributed by atoms with Crippen LogP contribution in [0.15, 0.2) is 16.8 Å². The number of thiophene rings is 1. The lowest BCUT2D eigenvalue weighted by Crippen LogP contribution is -2.03. The standard InChI is InChI=1S/C10H14O2S/c1-12-5-2-3-10(11)7-9-4-6-13-8-9/h4,6,8H,2-3,5,7H2,1H3. The molecule has 0 saturated heterocycles. The van der Waals surface area contributed by atoms with Crippen LogP contribution in [-0.2, 0) is 16.0 Å². The van der Waals surface area contributed by atoms with Gasteiger partial charge in [0, 0.05) is 26.6 Å². The average Bonchev–Trinajstić information content (AvgIpc) is 2.57. The minimum atomic E-state index is 0.301. The predicted molar refractivity (Wildman–Crippen MR) is 54.1 cm³/mol. The molecule has 1 rings (SSSR count). The Morgan fingerprint density at radius 1 is 1.62 bits per heavy atom. The minimum Gasteiger partial charge on any atom is -0.385 e. The van der Waals surface area contributed by atoms with Crippen LogP contribution in [0.25, 0.3) is 0 Å². The van der Waals surface area contributed by atoms with Crippen molar-refractivity contribution in [3.63, 3.8) is 0 Å². The molecule has 0 aliphatic carbocycles. The molecule has 1 aromatic heterocycles. The highest BCUT2D eigenvalue weighted by Gasteiger charge is 2.03. The summed E-state index contributed by atoms with van der Waals surface area (Å²) in [4.78, 5) is 11.3. The highest BCUT2D eigenvalue weighted by atomic mass is 32.1. The topological polar surface area (TPSA) is 26.3 Å². The summed E-state index contributed by atoms with van der Waals surface area (Å²) in [6, 6.07) is 2.00. The molecule has 0 N–H and O–H groups in total. The van der Waals surface area contributed by atoms with E-state index in [0.29, 0.717) is 25.2 Å². The zero-order chi connectivity index (χ0) is 9.52. The summed E-state index contributed by atoms with van der Waals surface area (Å²) in [6.07, 6.45) is 2.04. The number of Topliss-reactive ketones (excluding diaryl/α,β-unsaturated/α-hetero) is 1. The van der Waals surface area contributed by atoms with E-state index in [2.05, 4.69) is 0 Å². The van der Waals surface area contributed by atoms with Crippen LogP contribution in [0.4, 0.5) is 0 Å². The lowest BCUT2D eigenvalue weighted by atomic mass is 10.1. The smallest absolute Gasteiger partial charge is 0.137 e. The maximum atomic E-state index is 11.3. The Morgan fingerprint density at radius 2 is 2.46 bits per heavy atom. The second-order valence-electron chi connectivity index (χ2n) is 2.94. The van der Waals surface area contributed by atoms with E-state index in [-0.39, 0.29) is 0 Å². The summed E-state index contributed by atoms with van der Waals surface area (Å²) in [6.45, 7) is 0.676. The molecule has 2 nitrogen and oxygen atoms in total. The number of methoxy groups -OCH3 is 1. The monoisotopic (exact) mass is 198 g/mol. The van der Waals surface area contributed by atoms with E-state index >= 15 is 0 Å². The van der Waals surface area contributed by atoms with Gasteiger partial charge in [0.05, 0.1) is 0 Å². The van der Waals surface area contributed by atoms with E-state index in [4.69, 9.17) is 4.74 Å². The van der Waals surface area contributed by atoms with Crippen LogP contribution in [0.5, 0.6) is 0 Å². The van der Waals surface area contributed by atoms with Gasteiger partial charge < -0.3 is 4.74 Å². The van der Waals surface area contributed by atoms with Gasteiger partial charge >= 0.3 is 0 Å². The van der Waals surface area contributed by atoms with Gasteiger partial charge in [0.25, 0.3) is 0 Å². The quantitative estimate of drug-likeness (QED) is 0.655. The van der Waals surface area contributed by atoms with Crippen LogP contribution in [0.1, 0.15) is 18.4 Å². The molecule has 0 aliphatic rings. The van der Waals surface area contributed by atoms with Crippen LogP contribution in [-0.4, -0.2) is 19.5 Å². The van der Waals surface area contributed by atoms with Gasteiger partial charge in [-0.05, 0) is 28.8 Å². The van der Waals surface area contributed by atoms with E-state index in [9.17, 15) is 4.79 Å². The molecule has 3 heteroatoms. The first-order valence-corrected chi connectivity index (χ1v) is 5.29. The normalized spacial score (nSPS) is 10.2. The number of ketones is 1. The maximum Gasteiger partial charge on any atom is 0.137 e. The Kier molecular flexibility index (Phi) is 4.72. The number of hydrogen-bond acceptors (Lipinski definition) is 3. The van der Waals surface area contributed by atoms with E-state index < -0.39 is 0 Å². The average molecular weight is 198 g/mol. The first kappa shape index (κ1) is 10.4. The third-order valence-corrected chi connectivity index (χ3v) is 2.52. The molecule has 0 aliphatic heterocycles. The van der Waals surface area contributed by atoms with Crippen LogP contribution >= 0.6 is 11.3 Å². The minimum absolute atomic E-state index is 0.301. The molecule has 0 saturated carbocycles. The van der Waals surface area contributed by atoms with Gasteiger partial charge in [-0.3, -0.25) is 4.79 Å². The molecule has 0 radical (unpaired) electrons. The lowest BCUT2D eigenvalue weighted by Gasteiger charge is -1.98. The Labute approximate surface area is 82.5 Å². The van der Waals surface area contributed by atoms with Crippen molar-refractivity contribution in [3.8, 4) is 0 Å². The molecule has 0 atom stereocenters. The maximum absolute atomic E-state index is 11.3. The fourth-order valence-corrected chi connectivity index (χ4v) is 1.79. The van der Waals surface area contributed by atoms with E-state index in [1.807, 2.05) is 16.8 Å². The van der Waals surface area contributed by atoms with Crippen LogP contribution in [0.3, 0.4) is 0 Å². The van der Waals surface area contributed by atoms with Crippen LogP contribution in [0, 0.1) is 0 Å². The molecule has 0 spiro atoms. The Balaban J connectivity index is 2.18. The van der Waals surface area contributed by atoms with Gasteiger partial charge in [0.1, 0.15) is 5.78 Å². The molecular weight excluding hydrogens is 184 g/mol. The first-order chi connectivity index (χ1) is 6.33. The van der Waals surface area contributed by atoms with Gasteiger partial charge in [0.2, 0.25) is 0 Å². The van der Waals surface area contributed by atoms with Gasteiger partial charge in [-0.25, -0.2) is 0 Å². The van der Waals surface area contributed by atoms with Crippen LogP contribution < -0.4 is 0 Å². The third kappa shape index (κ3) is 4.20. The largest absolute Gasteiger partial charge is 0.385 e. The van der Waals surface area contributed by atoms with E-state index in [1.165, 1.54) is 0 Å². The number of rotatable bonds is 6. The summed E-state index contributed by atoms with van der Waals surface area (Å²) < 4.78 is 4.88. The van der Waals surface area contributed by atoms with Crippen molar-refractivity contribution in [2.45, 2.75) is 19.3 Å². The van der Waals surface area contributed by atoms with Crippen molar-refractivity contribution >= 4 is 17.1 Å². The summed E-state index contributed by atoms with van der Waals surface area (Å²) in [5, 5.41) is 4.02. The van der Waals surface area contributed by atoms with Crippen LogP contribution in [0.2, 0.25) is 0 Å². The zero-order valence-corrected chi connectivity index (χ0v) is 8.60. The Morgan fingerprint density at radius 3 is 3.08 bits per heavy atom. The Hall–Kier alpha value is -0.670. The van der Waals surface area contributed by atoms with E-state index in [1.54, 1.807) is 18.4 Å². The Bertz CT molecular complexity index is 241. The SMILES string of the molecule is COCCCC(=O)Cc1ccsc1. The second-order valence-corrected chi connectivity index (χ2v) is 3.72. The second kappa shape index (κ2) is 5.89. The van der Waals surface area contributed by atoms with Crippen molar-refractivity contribution in [3.05, 3.63) is 22.4 Å². The molecule has 0 bridgehead atoms. The fourth-order valence-electron chi connectivity index (χ4n) is 1.12. The number of hydrogen-bond donors (Lipinski definition) is 0. The zero-order valence-electron chi connectivity index (χ0n) is 7.79. The van der Waals surface area contributed by atoms with Gasteiger partial charge in [0.15, 0.2) is 0 Å². The number of carbonyl (C=O) groups is 1. The van der Waals surface area contributed by atoms with Crippen molar-refractivity contribution < 1.29 is 9.53 Å². The van der Waals surface area contributed by atoms with Crippen molar-refractivity contribution in [1.82, 2.24) is 0 Å². The fraction of sp³-hybridized carbons (Fsp3) is 0.500. The highest BCUT2D eigenvalue weighted by molar-refractivity contribution is 7.07. The lowest BCUT2D eigenvalue weighted by molar-refractivity contribution is -0.118. The van der Waals surface area contributed by atoms with E-state index in [0.717, 1.165) is 12.0 Å². The van der Waals surface area contributed by atoms with Crippen molar-refractivity contribution in [2.75, 3.05) is 13.7 Å². The van der Waals surface area contributed by atoms with Gasteiger partial charge in [-0.1, -0.05) is 0 Å². The third-order valence-electron chi connectivity index (χ3n) is 1.79. The molecular formula is C10H14O2S. The molecule has 0 unspecified atom stereocenters. The van der Waals surface area contributed by atoms with Gasteiger partial charge in [-0.15, -0.1) is 0 Å². The molecule has 13 heavy (non-hydrogen) atoms. The summed E-state index contributed by atoms with van der Waals surface area (Å²) in [5.74, 6) is 0.301. The number of carbonyl (C=O) groups excluding carboxylic acids is 1. The van der Waals surface area contributed by atoms with Crippen molar-refractivity contribution in [1.29, 1.82) is 0 Å². The van der Waals surface area contributed by atoms with Gasteiger partial charge in [-0.2, -0.15) is 11.3 Å². The molecule has 0 fully saturated rings. The number of ether oxygens (including phenoxy) is 1. The van der Waals surface area contributed by atoms with Crippen molar-refractivity contribution in [2.24, 2.45) is 0 Å². The summed E-state index contributed by atoms with van der Waals surface area (Å²) >= 11 is 1.63. The highest BCUT2D eigenvalue weighted by Crippen LogP contribution is 2.08. The molecule has 72 valence electrons. The predicted octanol–water partition coefficient (Wildman–Crippen LogP) is 2.29. The molecule has 0 aromatic carbocycles. The summed E-state index contributed by atoms with van der Waals surface area (Å²) in [5.41, 5.74) is 1.13. The summed E-state index contributed by atoms with van der Waals surface area (Å²) in [7, 11) is 1.66. The molecule has 1 aromatic rings. The molecule has 0 amide bonds.